The van der Waals surface area contributed by atoms with Crippen molar-refractivity contribution in [3.8, 4) is 0 Å². The van der Waals surface area contributed by atoms with Gasteiger partial charge in [-0.15, -0.1) is 37.7 Å². The normalized spacial score (nSPS) is 15.3. The Morgan fingerprint density at radius 1 is 0.773 bits per heavy atom. The molecule has 0 N–H and O–H groups in total. The Morgan fingerprint density at radius 2 is 1.05 bits per heavy atom. The summed E-state index contributed by atoms with van der Waals surface area (Å²) in [6, 6.07) is 0. The summed E-state index contributed by atoms with van der Waals surface area (Å²) < 4.78 is 3.34. The molecule has 0 unspecified atom stereocenters. The molecule has 0 saturated heterocycles. The van der Waals surface area contributed by atoms with Gasteiger partial charge in [-0.2, -0.15) is 12.2 Å². The monoisotopic (exact) mass is 450 g/mol. The Bertz CT molecular complexity index is 385. The van der Waals surface area contributed by atoms with E-state index in [-0.39, 0.29) is 24.8 Å². The molecule has 0 aromatic heterocycles. The number of allylic oxidation sites excluding steroid dienone is 8. The van der Waals surface area contributed by atoms with Gasteiger partial charge in [-0.1, -0.05) is 39.3 Å². The third-order valence-corrected chi connectivity index (χ3v) is 7.29. The SMILES string of the molecule is C[Si](C)(C)C1=CC[C-]=C1.C[Si](C)(C)C1=CC[C-]=C1.Cl.Cl.[CH2]=[Zr+2]. The van der Waals surface area contributed by atoms with Gasteiger partial charge in [0.25, 0.3) is 0 Å². The predicted octanol–water partition coefficient (Wildman–Crippen LogP) is 5.92. The fourth-order valence-corrected chi connectivity index (χ4v) is 4.34. The van der Waals surface area contributed by atoms with Gasteiger partial charge in [0, 0.05) is 0 Å². The standard InChI is InChI=1S/2C8H13Si.CH2.2ClH.Zr/c2*1-9(2,3)8-6-4-5-7-8;;;;/h2*6-7H,4H2,1-3H3;1H2;2*1H;/q2*-1;;;;+2. The minimum atomic E-state index is -0.981. The van der Waals surface area contributed by atoms with Gasteiger partial charge in [0.1, 0.15) is 0 Å². The number of rotatable bonds is 2. The molecule has 0 spiro atoms. The molecule has 2 rings (SSSR count). The summed E-state index contributed by atoms with van der Waals surface area (Å²) >= 11 is 1.30. The predicted molar refractivity (Wildman–Crippen MR) is 109 cm³/mol. The first-order chi connectivity index (χ1) is 9.21. The van der Waals surface area contributed by atoms with Crippen LogP contribution in [-0.2, 0) is 24.2 Å². The fraction of sp³-hybridized carbons (Fsp3) is 0.471. The molecule has 0 radical (unpaired) electrons. The van der Waals surface area contributed by atoms with Crippen LogP contribution < -0.4 is 0 Å². The van der Waals surface area contributed by atoms with Crippen LogP contribution in [0, 0.1) is 12.2 Å². The van der Waals surface area contributed by atoms with E-state index in [4.69, 9.17) is 0 Å². The molecule has 0 nitrogen and oxygen atoms in total. The Hall–Kier alpha value is 0.727. The molecule has 2 aliphatic carbocycles. The Balaban J connectivity index is -0.000000273. The molecule has 0 saturated carbocycles. The van der Waals surface area contributed by atoms with E-state index in [2.05, 4.69) is 79.9 Å². The van der Waals surface area contributed by atoms with Crippen molar-refractivity contribution in [3.63, 3.8) is 0 Å². The molecule has 124 valence electrons. The van der Waals surface area contributed by atoms with E-state index in [0.717, 1.165) is 12.8 Å². The molecule has 22 heavy (non-hydrogen) atoms. The van der Waals surface area contributed by atoms with Gasteiger partial charge in [0.2, 0.25) is 0 Å². The van der Waals surface area contributed by atoms with Crippen LogP contribution in [0.25, 0.3) is 0 Å². The van der Waals surface area contributed by atoms with E-state index >= 15 is 0 Å². The van der Waals surface area contributed by atoms with Crippen molar-refractivity contribution >= 4 is 45.2 Å². The van der Waals surface area contributed by atoms with Crippen LogP contribution in [0.3, 0.4) is 0 Å². The van der Waals surface area contributed by atoms with Gasteiger partial charge < -0.3 is 0 Å². The van der Waals surface area contributed by atoms with Crippen molar-refractivity contribution in [2.45, 2.75) is 52.1 Å². The second-order valence-electron chi connectivity index (χ2n) is 6.92. The van der Waals surface area contributed by atoms with Crippen molar-refractivity contribution in [3.05, 3.63) is 46.8 Å². The van der Waals surface area contributed by atoms with Crippen LogP contribution in [-0.4, -0.2) is 20.4 Å². The molecule has 0 aromatic carbocycles. The second-order valence-corrected chi connectivity index (χ2v) is 17.1. The summed E-state index contributed by atoms with van der Waals surface area (Å²) in [6.07, 6.45) is 17.4. The second kappa shape index (κ2) is 13.1. The van der Waals surface area contributed by atoms with Crippen LogP contribution in [0.4, 0.5) is 0 Å². The summed E-state index contributed by atoms with van der Waals surface area (Å²) in [6.45, 7) is 14.2. The molecule has 5 heteroatoms. The molecule has 0 bridgehead atoms. The topological polar surface area (TPSA) is 0 Å². The van der Waals surface area contributed by atoms with Crippen LogP contribution in [0.1, 0.15) is 12.8 Å². The van der Waals surface area contributed by atoms with Crippen LogP contribution in [0.5, 0.6) is 0 Å². The van der Waals surface area contributed by atoms with Crippen LogP contribution in [0.15, 0.2) is 34.7 Å². The van der Waals surface area contributed by atoms with Crippen molar-refractivity contribution in [2.75, 3.05) is 0 Å². The summed E-state index contributed by atoms with van der Waals surface area (Å²) in [5.41, 5.74) is 0. The van der Waals surface area contributed by atoms with Gasteiger partial charge in [-0.05, 0) is 16.1 Å². The van der Waals surface area contributed by atoms with Crippen LogP contribution >= 0.6 is 24.8 Å². The molecular weight excluding hydrogens is 422 g/mol. The number of hydrogen-bond donors (Lipinski definition) is 0. The fourth-order valence-electron chi connectivity index (χ4n) is 1.84. The first-order valence-electron chi connectivity index (χ1n) is 7.11. The zero-order valence-electron chi connectivity index (χ0n) is 14.7. The average molecular weight is 453 g/mol. The van der Waals surface area contributed by atoms with E-state index in [0.29, 0.717) is 0 Å². The third-order valence-electron chi connectivity index (χ3n) is 3.13. The maximum absolute atomic E-state index is 3.34. The number of halogens is 2. The van der Waals surface area contributed by atoms with Gasteiger partial charge >= 0.3 is 28.4 Å². The molecule has 0 aliphatic heterocycles. The Labute approximate surface area is 167 Å². The molecule has 0 amide bonds. The summed E-state index contributed by atoms with van der Waals surface area (Å²) in [4.78, 5) is 0. The van der Waals surface area contributed by atoms with Crippen molar-refractivity contribution in [1.29, 1.82) is 0 Å². The average Bonchev–Trinajstić information content (AvgIpc) is 3.04. The van der Waals surface area contributed by atoms with Crippen molar-refractivity contribution in [2.24, 2.45) is 0 Å². The van der Waals surface area contributed by atoms with Gasteiger partial charge in [-0.3, -0.25) is 12.2 Å². The molecule has 0 atom stereocenters. The van der Waals surface area contributed by atoms with E-state index in [1.807, 2.05) is 0 Å². The zero-order valence-corrected chi connectivity index (χ0v) is 20.8. The summed E-state index contributed by atoms with van der Waals surface area (Å²) in [5, 5.41) is 3.12. The summed E-state index contributed by atoms with van der Waals surface area (Å²) in [5.74, 6) is 0. The third kappa shape index (κ3) is 11.3. The first kappa shape index (κ1) is 27.6. The van der Waals surface area contributed by atoms with E-state index < -0.39 is 16.1 Å². The van der Waals surface area contributed by atoms with Crippen molar-refractivity contribution < 1.29 is 24.2 Å². The van der Waals surface area contributed by atoms with E-state index in [1.165, 1.54) is 24.2 Å². The quantitative estimate of drug-likeness (QED) is 0.361. The minimum absolute atomic E-state index is 0. The molecule has 0 aromatic rings. The maximum atomic E-state index is 3.34. The molecule has 0 heterocycles. The Kier molecular flexibility index (Phi) is 16.4. The zero-order chi connectivity index (χ0) is 15.8. The first-order valence-corrected chi connectivity index (χ1v) is 15.8. The van der Waals surface area contributed by atoms with Gasteiger partial charge in [0.05, 0.1) is 0 Å². The van der Waals surface area contributed by atoms with Gasteiger partial charge in [0.15, 0.2) is 0 Å². The number of hydrogen-bond acceptors (Lipinski definition) is 0. The molecule has 0 fully saturated rings. The molecular formula is C17H30Cl2Si2Zr. The summed E-state index contributed by atoms with van der Waals surface area (Å²) in [7, 11) is -1.96. The Morgan fingerprint density at radius 3 is 1.14 bits per heavy atom. The molecule has 2 aliphatic rings. The van der Waals surface area contributed by atoms with Gasteiger partial charge in [-0.25, -0.2) is 22.5 Å². The van der Waals surface area contributed by atoms with Crippen molar-refractivity contribution in [1.82, 2.24) is 0 Å². The van der Waals surface area contributed by atoms with E-state index in [9.17, 15) is 0 Å². The van der Waals surface area contributed by atoms with E-state index in [1.54, 1.807) is 10.4 Å². The van der Waals surface area contributed by atoms with Crippen LogP contribution in [0.2, 0.25) is 39.3 Å².